The summed E-state index contributed by atoms with van der Waals surface area (Å²) in [4.78, 5) is 24.2. The minimum absolute atomic E-state index is 0.0184. The van der Waals surface area contributed by atoms with Crippen LogP contribution in [0.5, 0.6) is 5.75 Å². The van der Waals surface area contributed by atoms with Gasteiger partial charge >= 0.3 is 12.0 Å². The molecule has 114 valence electrons. The quantitative estimate of drug-likeness (QED) is 0.769. The molecule has 3 N–H and O–H groups in total. The minimum Gasteiger partial charge on any atom is -0.494 e. The molecule has 2 atom stereocenters. The van der Waals surface area contributed by atoms with E-state index < -0.39 is 30.0 Å². The van der Waals surface area contributed by atoms with Gasteiger partial charge in [0.2, 0.25) is 0 Å². The number of carbonyl (C=O) groups is 2. The number of nitrogens with one attached hydrogen (secondary N) is 1. The van der Waals surface area contributed by atoms with Crippen LogP contribution in [0.1, 0.15) is 6.42 Å². The molecule has 21 heavy (non-hydrogen) atoms. The summed E-state index contributed by atoms with van der Waals surface area (Å²) in [6.07, 6.45) is -0.894. The van der Waals surface area contributed by atoms with E-state index in [-0.39, 0.29) is 24.4 Å². The van der Waals surface area contributed by atoms with Crippen molar-refractivity contribution in [1.29, 1.82) is 0 Å². The highest BCUT2D eigenvalue weighted by Gasteiger charge is 2.39. The summed E-state index contributed by atoms with van der Waals surface area (Å²) < 4.78 is 18.1. The normalized spacial score (nSPS) is 21.2. The van der Waals surface area contributed by atoms with Crippen LogP contribution in [-0.2, 0) is 4.79 Å². The van der Waals surface area contributed by atoms with Crippen LogP contribution in [0, 0.1) is 5.82 Å². The first kappa shape index (κ1) is 15.0. The molecule has 1 fully saturated rings. The van der Waals surface area contributed by atoms with Crippen molar-refractivity contribution in [2.45, 2.75) is 18.6 Å². The van der Waals surface area contributed by atoms with Crippen molar-refractivity contribution < 1.29 is 28.9 Å². The maximum absolute atomic E-state index is 13.3. The summed E-state index contributed by atoms with van der Waals surface area (Å²) in [7, 11) is 1.29. The number of β-amino-alcohol motifs (C(OH)–C–C–N with tert-alkyl or cyclic N) is 1. The third-order valence-corrected chi connectivity index (χ3v) is 3.23. The van der Waals surface area contributed by atoms with Gasteiger partial charge in [-0.2, -0.15) is 0 Å². The van der Waals surface area contributed by atoms with Crippen LogP contribution >= 0.6 is 0 Å². The Morgan fingerprint density at radius 1 is 1.48 bits per heavy atom. The molecule has 1 aliphatic rings. The number of hydrogen-bond donors (Lipinski definition) is 3. The number of ether oxygens (including phenoxy) is 1. The van der Waals surface area contributed by atoms with Crippen molar-refractivity contribution in [2.24, 2.45) is 0 Å². The van der Waals surface area contributed by atoms with Crippen molar-refractivity contribution >= 4 is 17.7 Å². The third-order valence-electron chi connectivity index (χ3n) is 3.23. The highest BCUT2D eigenvalue weighted by Crippen LogP contribution is 2.23. The number of methoxy groups -OCH3 is 1. The number of halogens is 1. The molecule has 2 rings (SSSR count). The van der Waals surface area contributed by atoms with Crippen molar-refractivity contribution in [3.05, 3.63) is 24.0 Å². The second kappa shape index (κ2) is 5.96. The summed E-state index contributed by atoms with van der Waals surface area (Å²) in [5.74, 6) is -1.79. The van der Waals surface area contributed by atoms with Crippen LogP contribution in [0.2, 0.25) is 0 Å². The molecule has 7 nitrogen and oxygen atoms in total. The molecular weight excluding hydrogens is 283 g/mol. The molecule has 0 aromatic heterocycles. The molecule has 0 radical (unpaired) electrons. The zero-order valence-electron chi connectivity index (χ0n) is 11.2. The lowest BCUT2D eigenvalue weighted by molar-refractivity contribution is -0.141. The smallest absolute Gasteiger partial charge is 0.326 e. The van der Waals surface area contributed by atoms with Crippen LogP contribution < -0.4 is 10.1 Å². The Hall–Kier alpha value is -2.35. The molecule has 1 aromatic carbocycles. The summed E-state index contributed by atoms with van der Waals surface area (Å²) in [5.41, 5.74) is 0.267. The maximum atomic E-state index is 13.3. The molecule has 0 unspecified atom stereocenters. The van der Waals surface area contributed by atoms with Gasteiger partial charge in [0, 0.05) is 24.7 Å². The van der Waals surface area contributed by atoms with Gasteiger partial charge in [-0.15, -0.1) is 0 Å². The Kier molecular flexibility index (Phi) is 4.27. The van der Waals surface area contributed by atoms with Crippen LogP contribution in [0.3, 0.4) is 0 Å². The summed E-state index contributed by atoms with van der Waals surface area (Å²) in [6.45, 7) is -0.0683. The highest BCUT2D eigenvalue weighted by atomic mass is 19.1. The number of anilines is 1. The van der Waals surface area contributed by atoms with Crippen molar-refractivity contribution in [3.63, 3.8) is 0 Å². The van der Waals surface area contributed by atoms with Gasteiger partial charge in [0.15, 0.2) is 11.6 Å². The molecule has 1 saturated heterocycles. The predicted octanol–water partition coefficient (Wildman–Crippen LogP) is 0.886. The van der Waals surface area contributed by atoms with E-state index in [0.717, 1.165) is 11.0 Å². The topological polar surface area (TPSA) is 99.1 Å². The molecule has 0 spiro atoms. The van der Waals surface area contributed by atoms with E-state index in [1.54, 1.807) is 0 Å². The zero-order chi connectivity index (χ0) is 15.6. The molecular formula is C13H15FN2O5. The number of nitrogens with zero attached hydrogens (tertiary/aromatic N) is 1. The van der Waals surface area contributed by atoms with Crippen molar-refractivity contribution in [3.8, 4) is 5.75 Å². The van der Waals surface area contributed by atoms with Crippen molar-refractivity contribution in [2.75, 3.05) is 19.0 Å². The number of amides is 2. The number of aliphatic hydroxyl groups excluding tert-OH is 1. The van der Waals surface area contributed by atoms with Gasteiger partial charge < -0.3 is 25.2 Å². The van der Waals surface area contributed by atoms with E-state index in [9.17, 15) is 19.1 Å². The molecule has 1 aliphatic heterocycles. The number of aliphatic hydroxyl groups is 1. The lowest BCUT2D eigenvalue weighted by Gasteiger charge is -2.21. The highest BCUT2D eigenvalue weighted by molar-refractivity contribution is 5.93. The van der Waals surface area contributed by atoms with Gasteiger partial charge in [-0.25, -0.2) is 14.0 Å². The largest absolute Gasteiger partial charge is 0.494 e. The van der Waals surface area contributed by atoms with Crippen LogP contribution in [0.25, 0.3) is 0 Å². The van der Waals surface area contributed by atoms with Crippen molar-refractivity contribution in [1.82, 2.24) is 4.90 Å². The molecule has 2 amide bonds. The number of benzene rings is 1. The second-order valence-electron chi connectivity index (χ2n) is 4.68. The molecule has 0 aliphatic carbocycles. The lowest BCUT2D eigenvalue weighted by Crippen LogP contribution is -2.43. The predicted molar refractivity (Wildman–Crippen MR) is 70.7 cm³/mol. The van der Waals surface area contributed by atoms with Gasteiger partial charge in [-0.3, -0.25) is 0 Å². The first-order chi connectivity index (χ1) is 9.92. The van der Waals surface area contributed by atoms with Gasteiger partial charge in [-0.1, -0.05) is 0 Å². The SMILES string of the molecule is COc1cc(NC(=O)N2C[C@@H](O)C[C@H]2C(=O)O)ccc1F. The van der Waals surface area contributed by atoms with Gasteiger partial charge in [0.25, 0.3) is 0 Å². The first-order valence-corrected chi connectivity index (χ1v) is 6.24. The summed E-state index contributed by atoms with van der Waals surface area (Å²) >= 11 is 0. The fraction of sp³-hybridized carbons (Fsp3) is 0.385. The molecule has 0 bridgehead atoms. The Morgan fingerprint density at radius 3 is 2.81 bits per heavy atom. The Labute approximate surface area is 119 Å². The monoisotopic (exact) mass is 298 g/mol. The lowest BCUT2D eigenvalue weighted by atomic mass is 10.2. The number of carbonyl (C=O) groups excluding carboxylic acids is 1. The molecule has 1 aromatic rings. The van der Waals surface area contributed by atoms with Crippen LogP contribution in [0.4, 0.5) is 14.9 Å². The summed E-state index contributed by atoms with van der Waals surface area (Å²) in [5, 5.41) is 21.0. The third kappa shape index (κ3) is 3.22. The van der Waals surface area contributed by atoms with E-state index in [2.05, 4.69) is 5.32 Å². The first-order valence-electron chi connectivity index (χ1n) is 6.24. The Bertz CT molecular complexity index is 565. The van der Waals surface area contributed by atoms with Gasteiger partial charge in [0.1, 0.15) is 6.04 Å². The second-order valence-corrected chi connectivity index (χ2v) is 4.68. The molecule has 1 heterocycles. The number of carboxylic acid groups (broad SMARTS) is 1. The number of aliphatic carboxylic acids is 1. The summed E-state index contributed by atoms with van der Waals surface area (Å²) in [6, 6.07) is 1.99. The molecule has 8 heteroatoms. The van der Waals surface area contributed by atoms with Crippen LogP contribution in [0.15, 0.2) is 18.2 Å². The van der Waals surface area contributed by atoms with Crippen LogP contribution in [-0.4, -0.2) is 52.9 Å². The number of likely N-dealkylation sites (tertiary alicyclic amines) is 1. The minimum atomic E-state index is -1.18. The average Bonchev–Trinajstić information content (AvgIpc) is 2.83. The van der Waals surface area contributed by atoms with E-state index in [1.165, 1.54) is 19.2 Å². The maximum Gasteiger partial charge on any atom is 0.326 e. The Balaban J connectivity index is 2.12. The number of urea groups is 1. The van der Waals surface area contributed by atoms with E-state index >= 15 is 0 Å². The zero-order valence-corrected chi connectivity index (χ0v) is 11.2. The van der Waals surface area contributed by atoms with Gasteiger partial charge in [0.05, 0.1) is 13.2 Å². The standard InChI is InChI=1S/C13H15FN2O5/c1-21-11-4-7(2-3-9(11)14)15-13(20)16-6-8(17)5-10(16)12(18)19/h2-4,8,10,17H,5-6H2,1H3,(H,15,20)(H,18,19)/t8-,10-/m0/s1. The van der Waals surface area contributed by atoms with E-state index in [0.29, 0.717) is 0 Å². The van der Waals surface area contributed by atoms with E-state index in [1.807, 2.05) is 0 Å². The Morgan fingerprint density at radius 2 is 2.19 bits per heavy atom. The fourth-order valence-electron chi connectivity index (χ4n) is 2.21. The molecule has 0 saturated carbocycles. The number of hydrogen-bond acceptors (Lipinski definition) is 4. The average molecular weight is 298 g/mol. The van der Waals surface area contributed by atoms with E-state index in [4.69, 9.17) is 9.84 Å². The van der Waals surface area contributed by atoms with Gasteiger partial charge in [-0.05, 0) is 12.1 Å². The number of rotatable bonds is 3. The number of carboxylic acids is 1. The fourth-order valence-corrected chi connectivity index (χ4v) is 2.21.